The summed E-state index contributed by atoms with van der Waals surface area (Å²) in [7, 11) is 2.02. The number of nitrogens with one attached hydrogen (secondary N) is 1. The minimum Gasteiger partial charge on any atom is -0.464 e. The van der Waals surface area contributed by atoms with Crippen molar-refractivity contribution in [2.45, 2.75) is 59.9 Å². The molecule has 2 heteroatoms. The van der Waals surface area contributed by atoms with Crippen molar-refractivity contribution in [1.82, 2.24) is 5.32 Å². The van der Waals surface area contributed by atoms with Crippen LogP contribution in [0, 0.1) is 11.3 Å². The molecular weight excluding hydrogens is 222 g/mol. The molecule has 2 nitrogen and oxygen atoms in total. The Morgan fingerprint density at radius 1 is 1.28 bits per heavy atom. The summed E-state index contributed by atoms with van der Waals surface area (Å²) in [6.07, 6.45) is 3.34. The highest BCUT2D eigenvalue weighted by Crippen LogP contribution is 2.31. The highest BCUT2D eigenvalue weighted by atomic mass is 16.3. The molecule has 1 heterocycles. The van der Waals surface area contributed by atoms with E-state index in [9.17, 15) is 0 Å². The SMILES string of the molecule is CCc1ccc(C(CC(C)CC(C)(C)C)NC)o1. The zero-order valence-electron chi connectivity index (χ0n) is 12.8. The van der Waals surface area contributed by atoms with E-state index in [0.717, 1.165) is 24.4 Å². The van der Waals surface area contributed by atoms with Crippen LogP contribution in [0.15, 0.2) is 16.5 Å². The Labute approximate surface area is 112 Å². The lowest BCUT2D eigenvalue weighted by Crippen LogP contribution is -2.21. The molecule has 0 aliphatic rings. The molecule has 104 valence electrons. The summed E-state index contributed by atoms with van der Waals surface area (Å²) in [5.41, 5.74) is 0.398. The van der Waals surface area contributed by atoms with E-state index in [1.807, 2.05) is 7.05 Å². The van der Waals surface area contributed by atoms with E-state index in [0.29, 0.717) is 17.4 Å². The van der Waals surface area contributed by atoms with Crippen LogP contribution < -0.4 is 5.32 Å². The maximum absolute atomic E-state index is 5.85. The molecule has 2 atom stereocenters. The van der Waals surface area contributed by atoms with Gasteiger partial charge in [0.1, 0.15) is 11.5 Å². The third-order valence-corrected chi connectivity index (χ3v) is 3.32. The van der Waals surface area contributed by atoms with Gasteiger partial charge >= 0.3 is 0 Å². The second-order valence-corrected chi connectivity index (χ2v) is 6.60. The average Bonchev–Trinajstić information content (AvgIpc) is 2.71. The Hall–Kier alpha value is -0.760. The molecule has 1 aromatic heterocycles. The van der Waals surface area contributed by atoms with Crippen molar-refractivity contribution in [1.29, 1.82) is 0 Å². The second kappa shape index (κ2) is 6.42. The smallest absolute Gasteiger partial charge is 0.121 e. The van der Waals surface area contributed by atoms with Crippen LogP contribution in [0.4, 0.5) is 0 Å². The fourth-order valence-corrected chi connectivity index (χ4v) is 2.68. The van der Waals surface area contributed by atoms with Gasteiger partial charge < -0.3 is 9.73 Å². The Morgan fingerprint density at radius 3 is 2.39 bits per heavy atom. The second-order valence-electron chi connectivity index (χ2n) is 6.60. The summed E-state index contributed by atoms with van der Waals surface area (Å²) in [5, 5.41) is 3.38. The quantitative estimate of drug-likeness (QED) is 0.801. The topological polar surface area (TPSA) is 25.2 Å². The molecule has 2 unspecified atom stereocenters. The Bertz CT molecular complexity index is 348. The maximum Gasteiger partial charge on any atom is 0.121 e. The molecule has 0 aliphatic carbocycles. The number of furan rings is 1. The van der Waals surface area contributed by atoms with Gasteiger partial charge in [0.15, 0.2) is 0 Å². The molecule has 0 bridgehead atoms. The first kappa shape index (κ1) is 15.3. The number of hydrogen-bond acceptors (Lipinski definition) is 2. The third-order valence-electron chi connectivity index (χ3n) is 3.32. The minimum atomic E-state index is 0.336. The number of hydrogen-bond donors (Lipinski definition) is 1. The first-order valence-corrected chi connectivity index (χ1v) is 7.11. The van der Waals surface area contributed by atoms with E-state index in [-0.39, 0.29) is 0 Å². The van der Waals surface area contributed by atoms with Crippen molar-refractivity contribution in [3.63, 3.8) is 0 Å². The number of aryl methyl sites for hydroxylation is 1. The summed E-state index contributed by atoms with van der Waals surface area (Å²) < 4.78 is 5.85. The summed E-state index contributed by atoms with van der Waals surface area (Å²) in [5.74, 6) is 2.85. The highest BCUT2D eigenvalue weighted by molar-refractivity contribution is 5.10. The molecule has 0 fully saturated rings. The van der Waals surface area contributed by atoms with Gasteiger partial charge in [0, 0.05) is 6.42 Å². The molecule has 0 spiro atoms. The Morgan fingerprint density at radius 2 is 1.94 bits per heavy atom. The normalized spacial score (nSPS) is 15.7. The molecule has 0 aromatic carbocycles. The van der Waals surface area contributed by atoms with E-state index < -0.39 is 0 Å². The molecule has 0 radical (unpaired) electrons. The zero-order valence-corrected chi connectivity index (χ0v) is 12.8. The zero-order chi connectivity index (χ0) is 13.8. The first-order valence-electron chi connectivity index (χ1n) is 7.11. The van der Waals surface area contributed by atoms with Gasteiger partial charge in [0.05, 0.1) is 6.04 Å². The predicted molar refractivity (Wildman–Crippen MR) is 77.7 cm³/mol. The molecule has 1 rings (SSSR count). The van der Waals surface area contributed by atoms with Crippen molar-refractivity contribution in [3.05, 3.63) is 23.7 Å². The van der Waals surface area contributed by atoms with E-state index in [4.69, 9.17) is 4.42 Å². The van der Waals surface area contributed by atoms with Crippen LogP contribution in [0.1, 0.15) is 65.0 Å². The van der Waals surface area contributed by atoms with Crippen LogP contribution in [0.5, 0.6) is 0 Å². The van der Waals surface area contributed by atoms with Crippen LogP contribution in [-0.4, -0.2) is 7.05 Å². The van der Waals surface area contributed by atoms with Gasteiger partial charge in [-0.2, -0.15) is 0 Å². The molecule has 0 aliphatic heterocycles. The van der Waals surface area contributed by atoms with Crippen molar-refractivity contribution in [2.24, 2.45) is 11.3 Å². The average molecular weight is 251 g/mol. The van der Waals surface area contributed by atoms with Crippen LogP contribution in [0.25, 0.3) is 0 Å². The molecule has 0 saturated heterocycles. The first-order chi connectivity index (χ1) is 8.35. The largest absolute Gasteiger partial charge is 0.464 e. The van der Waals surface area contributed by atoms with Gasteiger partial charge in [-0.15, -0.1) is 0 Å². The monoisotopic (exact) mass is 251 g/mol. The standard InChI is InChI=1S/C16H29NO/c1-7-13-8-9-15(18-13)14(17-6)10-12(2)11-16(3,4)5/h8-9,12,14,17H,7,10-11H2,1-6H3. The maximum atomic E-state index is 5.85. The van der Waals surface area contributed by atoms with Crippen molar-refractivity contribution in [2.75, 3.05) is 7.05 Å². The molecule has 0 amide bonds. The molecule has 1 N–H and O–H groups in total. The van der Waals surface area contributed by atoms with Crippen molar-refractivity contribution < 1.29 is 4.42 Å². The third kappa shape index (κ3) is 4.85. The van der Waals surface area contributed by atoms with Crippen LogP contribution in [0.2, 0.25) is 0 Å². The van der Waals surface area contributed by atoms with E-state index in [2.05, 4.69) is 52.1 Å². The fourth-order valence-electron chi connectivity index (χ4n) is 2.68. The lowest BCUT2D eigenvalue weighted by Gasteiger charge is -2.25. The van der Waals surface area contributed by atoms with Gasteiger partial charge in [-0.25, -0.2) is 0 Å². The summed E-state index contributed by atoms with van der Waals surface area (Å²) in [4.78, 5) is 0. The molecule has 1 aromatic rings. The molecule has 18 heavy (non-hydrogen) atoms. The fraction of sp³-hybridized carbons (Fsp3) is 0.750. The Kier molecular flexibility index (Phi) is 5.46. The van der Waals surface area contributed by atoms with Gasteiger partial charge in [-0.05, 0) is 43.4 Å². The van der Waals surface area contributed by atoms with E-state index in [1.165, 1.54) is 6.42 Å². The lowest BCUT2D eigenvalue weighted by molar-refractivity contribution is 0.267. The van der Waals surface area contributed by atoms with Crippen LogP contribution in [-0.2, 0) is 6.42 Å². The lowest BCUT2D eigenvalue weighted by atomic mass is 9.82. The number of rotatable bonds is 6. The van der Waals surface area contributed by atoms with Crippen molar-refractivity contribution in [3.8, 4) is 0 Å². The minimum absolute atomic E-state index is 0.336. The summed E-state index contributed by atoms with van der Waals surface area (Å²) in [6, 6.07) is 4.54. The molecular formula is C16H29NO. The van der Waals surface area contributed by atoms with Gasteiger partial charge in [0.2, 0.25) is 0 Å². The van der Waals surface area contributed by atoms with E-state index in [1.54, 1.807) is 0 Å². The van der Waals surface area contributed by atoms with Gasteiger partial charge in [-0.3, -0.25) is 0 Å². The predicted octanol–water partition coefficient (Wildman–Crippen LogP) is 4.56. The van der Waals surface area contributed by atoms with Crippen LogP contribution >= 0.6 is 0 Å². The van der Waals surface area contributed by atoms with Crippen molar-refractivity contribution >= 4 is 0 Å². The van der Waals surface area contributed by atoms with Gasteiger partial charge in [0.25, 0.3) is 0 Å². The highest BCUT2D eigenvalue weighted by Gasteiger charge is 2.21. The summed E-state index contributed by atoms with van der Waals surface area (Å²) >= 11 is 0. The van der Waals surface area contributed by atoms with Gasteiger partial charge in [-0.1, -0.05) is 34.6 Å². The Balaban J connectivity index is 2.61. The summed E-state index contributed by atoms with van der Waals surface area (Å²) in [6.45, 7) is 11.4. The molecule has 0 saturated carbocycles. The van der Waals surface area contributed by atoms with E-state index >= 15 is 0 Å². The van der Waals surface area contributed by atoms with Crippen LogP contribution in [0.3, 0.4) is 0 Å².